The van der Waals surface area contributed by atoms with E-state index in [1.165, 1.54) is 25.3 Å². The molecule has 0 bridgehead atoms. The fourth-order valence-corrected chi connectivity index (χ4v) is 1.96. The van der Waals surface area contributed by atoms with Crippen LogP contribution in [-0.4, -0.2) is 31.3 Å². The summed E-state index contributed by atoms with van der Waals surface area (Å²) in [6, 6.07) is 4.27. The molecule has 0 unspecified atom stereocenters. The number of Topliss-reactive ketones (excluding diaryl/α,β-unsaturated/α-hetero) is 1. The maximum Gasteiger partial charge on any atom is 0.337 e. The molecule has 0 atom stereocenters. The molecule has 1 fully saturated rings. The SMILES string of the molecule is COC(=O)c1ccc(Cl)c(C(=O)NCC(=O)C2CC2)c1. The summed E-state index contributed by atoms with van der Waals surface area (Å²) in [5.74, 6) is -0.912. The highest BCUT2D eigenvalue weighted by Crippen LogP contribution is 2.29. The maximum absolute atomic E-state index is 12.0. The van der Waals surface area contributed by atoms with Gasteiger partial charge in [-0.05, 0) is 31.0 Å². The van der Waals surface area contributed by atoms with Crippen molar-refractivity contribution in [3.05, 3.63) is 34.3 Å². The second-order valence-corrected chi connectivity index (χ2v) is 5.02. The first kappa shape index (κ1) is 14.5. The highest BCUT2D eigenvalue weighted by molar-refractivity contribution is 6.34. The van der Waals surface area contributed by atoms with Gasteiger partial charge in [-0.3, -0.25) is 9.59 Å². The molecular formula is C14H14ClNO4. The van der Waals surface area contributed by atoms with Gasteiger partial charge in [0.2, 0.25) is 0 Å². The lowest BCUT2D eigenvalue weighted by atomic mass is 10.1. The van der Waals surface area contributed by atoms with Crippen LogP contribution in [0.4, 0.5) is 0 Å². The van der Waals surface area contributed by atoms with Crippen molar-refractivity contribution in [2.24, 2.45) is 5.92 Å². The summed E-state index contributed by atoms with van der Waals surface area (Å²) < 4.78 is 4.58. The number of hydrogen-bond donors (Lipinski definition) is 1. The Balaban J connectivity index is 2.07. The predicted molar refractivity (Wildman–Crippen MR) is 72.9 cm³/mol. The van der Waals surface area contributed by atoms with Gasteiger partial charge < -0.3 is 10.1 Å². The van der Waals surface area contributed by atoms with E-state index >= 15 is 0 Å². The Labute approximate surface area is 121 Å². The molecule has 106 valence electrons. The average Bonchev–Trinajstić information content (AvgIpc) is 3.28. The van der Waals surface area contributed by atoms with Gasteiger partial charge in [-0.1, -0.05) is 11.6 Å². The zero-order valence-electron chi connectivity index (χ0n) is 10.9. The van der Waals surface area contributed by atoms with E-state index in [1.807, 2.05) is 0 Å². The largest absolute Gasteiger partial charge is 0.465 e. The normalized spacial score (nSPS) is 13.7. The minimum atomic E-state index is -0.551. The summed E-state index contributed by atoms with van der Waals surface area (Å²) in [5.41, 5.74) is 0.383. The molecule has 2 rings (SSSR count). The standard InChI is InChI=1S/C14H14ClNO4/c1-20-14(19)9-4-5-11(15)10(6-9)13(18)16-7-12(17)8-2-3-8/h4-6,8H,2-3,7H2,1H3,(H,16,18). The highest BCUT2D eigenvalue weighted by Gasteiger charge is 2.29. The van der Waals surface area contributed by atoms with E-state index < -0.39 is 11.9 Å². The highest BCUT2D eigenvalue weighted by atomic mass is 35.5. The number of benzene rings is 1. The van der Waals surface area contributed by atoms with Crippen molar-refractivity contribution in [2.75, 3.05) is 13.7 Å². The van der Waals surface area contributed by atoms with Gasteiger partial charge in [0, 0.05) is 5.92 Å². The van der Waals surface area contributed by atoms with Crippen LogP contribution in [0.1, 0.15) is 33.6 Å². The first-order chi connectivity index (χ1) is 9.52. The second kappa shape index (κ2) is 6.05. The van der Waals surface area contributed by atoms with Crippen molar-refractivity contribution in [1.82, 2.24) is 5.32 Å². The number of esters is 1. The molecular weight excluding hydrogens is 282 g/mol. The number of ketones is 1. The number of methoxy groups -OCH3 is 1. The molecule has 20 heavy (non-hydrogen) atoms. The number of carbonyl (C=O) groups excluding carboxylic acids is 3. The number of rotatable bonds is 5. The summed E-state index contributed by atoms with van der Waals surface area (Å²) >= 11 is 5.93. The van der Waals surface area contributed by atoms with Gasteiger partial charge in [-0.25, -0.2) is 4.79 Å². The second-order valence-electron chi connectivity index (χ2n) is 4.61. The third-order valence-corrected chi connectivity index (χ3v) is 3.42. The van der Waals surface area contributed by atoms with Crippen LogP contribution >= 0.6 is 11.6 Å². The summed E-state index contributed by atoms with van der Waals surface area (Å²) in [6.45, 7) is -0.0116. The Hall–Kier alpha value is -1.88. The number of hydrogen-bond acceptors (Lipinski definition) is 4. The summed E-state index contributed by atoms with van der Waals surface area (Å²) in [6.07, 6.45) is 1.79. The van der Waals surface area contributed by atoms with Gasteiger partial charge in [0.25, 0.3) is 5.91 Å². The van der Waals surface area contributed by atoms with Crippen molar-refractivity contribution in [1.29, 1.82) is 0 Å². The summed E-state index contributed by atoms with van der Waals surface area (Å²) in [7, 11) is 1.25. The molecule has 1 aromatic rings. The summed E-state index contributed by atoms with van der Waals surface area (Å²) in [4.78, 5) is 34.9. The van der Waals surface area contributed by atoms with Gasteiger partial charge in [-0.2, -0.15) is 0 Å². The monoisotopic (exact) mass is 295 g/mol. The number of carbonyl (C=O) groups is 3. The zero-order chi connectivity index (χ0) is 14.7. The van der Waals surface area contributed by atoms with E-state index in [0.717, 1.165) is 12.8 Å². The van der Waals surface area contributed by atoms with E-state index in [1.54, 1.807) is 0 Å². The van der Waals surface area contributed by atoms with Gasteiger partial charge in [0.1, 0.15) is 0 Å². The molecule has 6 heteroatoms. The van der Waals surface area contributed by atoms with E-state index in [-0.39, 0.29) is 34.4 Å². The lowest BCUT2D eigenvalue weighted by Crippen LogP contribution is -2.30. The van der Waals surface area contributed by atoms with E-state index in [0.29, 0.717) is 0 Å². The zero-order valence-corrected chi connectivity index (χ0v) is 11.7. The van der Waals surface area contributed by atoms with Crippen molar-refractivity contribution in [3.8, 4) is 0 Å². The van der Waals surface area contributed by atoms with Crippen molar-refractivity contribution in [3.63, 3.8) is 0 Å². The van der Waals surface area contributed by atoms with Crippen LogP contribution in [0.5, 0.6) is 0 Å². The van der Waals surface area contributed by atoms with Crippen LogP contribution in [-0.2, 0) is 9.53 Å². The Kier molecular flexibility index (Phi) is 4.39. The minimum absolute atomic E-state index is 0.0116. The molecule has 1 aliphatic rings. The Morgan fingerprint density at radius 3 is 2.65 bits per heavy atom. The van der Waals surface area contributed by atoms with Gasteiger partial charge in [0.15, 0.2) is 5.78 Å². The predicted octanol–water partition coefficient (Wildman–Crippen LogP) is 1.84. The molecule has 1 aromatic carbocycles. The average molecular weight is 296 g/mol. The number of ether oxygens (including phenoxy) is 1. The first-order valence-corrected chi connectivity index (χ1v) is 6.59. The fourth-order valence-electron chi connectivity index (χ4n) is 1.76. The van der Waals surface area contributed by atoms with Crippen molar-refractivity contribution in [2.45, 2.75) is 12.8 Å². The molecule has 0 heterocycles. The van der Waals surface area contributed by atoms with Crippen LogP contribution < -0.4 is 5.32 Å². The fraction of sp³-hybridized carbons (Fsp3) is 0.357. The molecule has 0 aliphatic heterocycles. The van der Waals surface area contributed by atoms with Crippen LogP contribution in [0.15, 0.2) is 18.2 Å². The molecule has 1 N–H and O–H groups in total. The molecule has 0 aromatic heterocycles. The molecule has 0 spiro atoms. The van der Waals surface area contributed by atoms with Crippen LogP contribution in [0, 0.1) is 5.92 Å². The number of nitrogens with one attached hydrogen (secondary N) is 1. The number of halogens is 1. The molecule has 0 radical (unpaired) electrons. The quantitative estimate of drug-likeness (QED) is 0.841. The molecule has 5 nitrogen and oxygen atoms in total. The third kappa shape index (κ3) is 3.36. The topological polar surface area (TPSA) is 72.5 Å². The first-order valence-electron chi connectivity index (χ1n) is 6.21. The third-order valence-electron chi connectivity index (χ3n) is 3.09. The lowest BCUT2D eigenvalue weighted by molar-refractivity contribution is -0.119. The maximum atomic E-state index is 12.0. The minimum Gasteiger partial charge on any atom is -0.465 e. The van der Waals surface area contributed by atoms with Crippen molar-refractivity contribution >= 4 is 29.3 Å². The van der Waals surface area contributed by atoms with Gasteiger partial charge in [-0.15, -0.1) is 0 Å². The Morgan fingerprint density at radius 2 is 2.05 bits per heavy atom. The van der Waals surface area contributed by atoms with Gasteiger partial charge in [0.05, 0.1) is 29.8 Å². The lowest BCUT2D eigenvalue weighted by Gasteiger charge is -2.07. The van der Waals surface area contributed by atoms with Gasteiger partial charge >= 0.3 is 5.97 Å². The van der Waals surface area contributed by atoms with Crippen LogP contribution in [0.3, 0.4) is 0 Å². The molecule has 1 aliphatic carbocycles. The Morgan fingerprint density at radius 1 is 1.35 bits per heavy atom. The summed E-state index contributed by atoms with van der Waals surface area (Å²) in [5, 5.41) is 2.74. The van der Waals surface area contributed by atoms with Crippen LogP contribution in [0.25, 0.3) is 0 Å². The molecule has 1 saturated carbocycles. The smallest absolute Gasteiger partial charge is 0.337 e. The van der Waals surface area contributed by atoms with E-state index in [2.05, 4.69) is 10.1 Å². The molecule has 0 saturated heterocycles. The van der Waals surface area contributed by atoms with Crippen LogP contribution in [0.2, 0.25) is 5.02 Å². The van der Waals surface area contributed by atoms with Crippen molar-refractivity contribution < 1.29 is 19.1 Å². The van der Waals surface area contributed by atoms with E-state index in [4.69, 9.17) is 11.6 Å². The number of amides is 1. The van der Waals surface area contributed by atoms with E-state index in [9.17, 15) is 14.4 Å². The molecule has 1 amide bonds. The Bertz CT molecular complexity index is 566.